The summed E-state index contributed by atoms with van der Waals surface area (Å²) in [5, 5.41) is 6.36. The highest BCUT2D eigenvalue weighted by atomic mass is 32.2. The maximum absolute atomic E-state index is 12.6. The third-order valence-corrected chi connectivity index (χ3v) is 5.63. The number of hydrogen-bond acceptors (Lipinski definition) is 6. The molecule has 0 spiro atoms. The fourth-order valence-corrected chi connectivity index (χ4v) is 3.64. The van der Waals surface area contributed by atoms with Gasteiger partial charge in [0, 0.05) is 11.8 Å². The molecule has 1 atom stereocenters. The topological polar surface area (TPSA) is 111 Å². The first-order chi connectivity index (χ1) is 14.3. The van der Waals surface area contributed by atoms with E-state index in [4.69, 9.17) is 9.26 Å². The monoisotopic (exact) mass is 429 g/mol. The van der Waals surface area contributed by atoms with Crippen molar-refractivity contribution in [2.75, 3.05) is 10.0 Å². The molecule has 0 radical (unpaired) electrons. The Morgan fingerprint density at radius 2 is 1.77 bits per heavy atom. The number of carbonyl (C=O) groups excluding carboxylic acids is 1. The second-order valence-corrected chi connectivity index (χ2v) is 8.45. The summed E-state index contributed by atoms with van der Waals surface area (Å²) < 4.78 is 37.8. The van der Waals surface area contributed by atoms with E-state index in [0.29, 0.717) is 23.6 Å². The van der Waals surface area contributed by atoms with Gasteiger partial charge in [-0.1, -0.05) is 29.8 Å². The van der Waals surface area contributed by atoms with Crippen molar-refractivity contribution in [3.63, 3.8) is 0 Å². The summed E-state index contributed by atoms with van der Waals surface area (Å²) in [6, 6.07) is 14.7. The van der Waals surface area contributed by atoms with Crippen LogP contribution in [-0.4, -0.2) is 25.6 Å². The molecule has 9 heteroatoms. The van der Waals surface area contributed by atoms with Crippen LogP contribution in [0.2, 0.25) is 0 Å². The minimum absolute atomic E-state index is 0.0316. The molecule has 30 heavy (non-hydrogen) atoms. The first-order valence-electron chi connectivity index (χ1n) is 9.37. The Morgan fingerprint density at radius 3 is 2.33 bits per heavy atom. The van der Waals surface area contributed by atoms with Crippen molar-refractivity contribution < 1.29 is 22.5 Å². The van der Waals surface area contributed by atoms with Crippen molar-refractivity contribution >= 4 is 27.4 Å². The molecule has 0 aliphatic rings. The third kappa shape index (κ3) is 5.38. The van der Waals surface area contributed by atoms with Gasteiger partial charge >= 0.3 is 0 Å². The Morgan fingerprint density at radius 1 is 1.10 bits per heavy atom. The number of amides is 1. The van der Waals surface area contributed by atoms with Gasteiger partial charge in [0.2, 0.25) is 0 Å². The van der Waals surface area contributed by atoms with Crippen LogP contribution in [-0.2, 0) is 14.8 Å². The van der Waals surface area contributed by atoms with Gasteiger partial charge in [0.15, 0.2) is 11.9 Å². The van der Waals surface area contributed by atoms with Crippen LogP contribution in [0.5, 0.6) is 5.75 Å². The molecule has 0 saturated heterocycles. The van der Waals surface area contributed by atoms with Crippen LogP contribution in [0.15, 0.2) is 64.0 Å². The molecule has 8 nitrogen and oxygen atoms in total. The molecule has 0 unspecified atom stereocenters. The van der Waals surface area contributed by atoms with E-state index in [2.05, 4.69) is 15.2 Å². The van der Waals surface area contributed by atoms with Crippen LogP contribution < -0.4 is 14.8 Å². The van der Waals surface area contributed by atoms with Crippen LogP contribution >= 0.6 is 0 Å². The van der Waals surface area contributed by atoms with Gasteiger partial charge in [0.25, 0.3) is 15.9 Å². The molecule has 0 saturated carbocycles. The predicted octanol–water partition coefficient (Wildman–Crippen LogP) is 3.89. The fraction of sp³-hybridized carbons (Fsp3) is 0.238. The Labute approximate surface area is 175 Å². The molecule has 0 fully saturated rings. The van der Waals surface area contributed by atoms with E-state index in [1.54, 1.807) is 6.92 Å². The summed E-state index contributed by atoms with van der Waals surface area (Å²) in [4.78, 5) is 12.6. The van der Waals surface area contributed by atoms with Crippen LogP contribution in [0.1, 0.15) is 24.7 Å². The largest absolute Gasteiger partial charge is 0.481 e. The molecule has 1 heterocycles. The average Bonchev–Trinajstić information content (AvgIpc) is 3.11. The Balaban J connectivity index is 1.65. The number of ether oxygens (including phenoxy) is 1. The van der Waals surface area contributed by atoms with E-state index in [0.717, 1.165) is 5.56 Å². The first kappa shape index (κ1) is 21.4. The van der Waals surface area contributed by atoms with E-state index < -0.39 is 16.1 Å². The molecule has 1 amide bonds. The van der Waals surface area contributed by atoms with Gasteiger partial charge in [-0.05, 0) is 56.7 Å². The van der Waals surface area contributed by atoms with Gasteiger partial charge in [-0.25, -0.2) is 8.42 Å². The fourth-order valence-electron chi connectivity index (χ4n) is 2.65. The smallest absolute Gasteiger partial charge is 0.265 e. The number of sulfonamides is 1. The van der Waals surface area contributed by atoms with Crippen molar-refractivity contribution in [3.8, 4) is 5.75 Å². The second-order valence-electron chi connectivity index (χ2n) is 6.77. The van der Waals surface area contributed by atoms with Crippen molar-refractivity contribution in [1.29, 1.82) is 0 Å². The molecule has 1 aromatic heterocycles. The zero-order valence-corrected chi connectivity index (χ0v) is 17.7. The van der Waals surface area contributed by atoms with Gasteiger partial charge < -0.3 is 14.6 Å². The lowest BCUT2D eigenvalue weighted by Crippen LogP contribution is -2.32. The predicted molar refractivity (Wildman–Crippen MR) is 113 cm³/mol. The van der Waals surface area contributed by atoms with Gasteiger partial charge in [0.05, 0.1) is 4.90 Å². The summed E-state index contributed by atoms with van der Waals surface area (Å²) in [5.41, 5.74) is 1.56. The number of aromatic nitrogens is 1. The molecule has 0 bridgehead atoms. The number of carbonyl (C=O) groups is 1. The Kier molecular flexibility index (Phi) is 6.41. The zero-order valence-electron chi connectivity index (χ0n) is 16.9. The summed E-state index contributed by atoms with van der Waals surface area (Å²) in [5.74, 6) is 0.885. The first-order valence-corrected chi connectivity index (χ1v) is 10.9. The second kappa shape index (κ2) is 9.00. The Hall–Kier alpha value is -3.33. The lowest BCUT2D eigenvalue weighted by atomic mass is 10.2. The molecule has 0 aliphatic heterocycles. The molecule has 3 rings (SSSR count). The van der Waals surface area contributed by atoms with Gasteiger partial charge in [-0.2, -0.15) is 0 Å². The minimum atomic E-state index is -3.82. The number of anilines is 2. The van der Waals surface area contributed by atoms with Crippen molar-refractivity contribution in [2.24, 2.45) is 0 Å². The molecule has 3 aromatic rings. The molecular weight excluding hydrogens is 406 g/mol. The summed E-state index contributed by atoms with van der Waals surface area (Å²) in [7, 11) is -3.82. The van der Waals surface area contributed by atoms with E-state index in [1.807, 2.05) is 38.1 Å². The average molecular weight is 429 g/mol. The SMILES string of the molecule is CC[C@H](Oc1ccc(C)cc1)C(=O)Nc1ccc(S(=O)(=O)Nc2cc(C)on2)cc1. The summed E-state index contributed by atoms with van der Waals surface area (Å²) in [6.07, 6.45) is -0.194. The van der Waals surface area contributed by atoms with E-state index >= 15 is 0 Å². The van der Waals surface area contributed by atoms with E-state index in [1.165, 1.54) is 30.3 Å². The number of hydrogen-bond donors (Lipinski definition) is 2. The van der Waals surface area contributed by atoms with Gasteiger partial charge in [0.1, 0.15) is 11.5 Å². The molecule has 2 N–H and O–H groups in total. The van der Waals surface area contributed by atoms with Crippen molar-refractivity contribution in [1.82, 2.24) is 5.16 Å². The number of rotatable bonds is 8. The lowest BCUT2D eigenvalue weighted by Gasteiger charge is -2.17. The van der Waals surface area contributed by atoms with Crippen LogP contribution in [0.4, 0.5) is 11.5 Å². The Bertz CT molecular complexity index is 1110. The molecule has 158 valence electrons. The highest BCUT2D eigenvalue weighted by Gasteiger charge is 2.20. The van der Waals surface area contributed by atoms with Crippen LogP contribution in [0.3, 0.4) is 0 Å². The molecule has 2 aromatic carbocycles. The maximum atomic E-state index is 12.6. The van der Waals surface area contributed by atoms with Crippen LogP contribution in [0, 0.1) is 13.8 Å². The standard InChI is InChI=1S/C21H23N3O5S/c1-4-19(28-17-9-5-14(2)6-10-17)21(25)22-16-7-11-18(12-8-16)30(26,27)24-20-13-15(3)29-23-20/h5-13,19H,4H2,1-3H3,(H,22,25)(H,23,24)/t19-/m0/s1. The number of nitrogens with one attached hydrogen (secondary N) is 2. The van der Waals surface area contributed by atoms with Gasteiger partial charge in [-0.15, -0.1) is 0 Å². The quantitative estimate of drug-likeness (QED) is 0.562. The lowest BCUT2D eigenvalue weighted by molar-refractivity contribution is -0.122. The maximum Gasteiger partial charge on any atom is 0.265 e. The van der Waals surface area contributed by atoms with Gasteiger partial charge in [-0.3, -0.25) is 9.52 Å². The number of nitrogens with zero attached hydrogens (tertiary/aromatic N) is 1. The normalized spacial score (nSPS) is 12.2. The summed E-state index contributed by atoms with van der Waals surface area (Å²) >= 11 is 0. The van der Waals surface area contributed by atoms with Crippen molar-refractivity contribution in [3.05, 3.63) is 65.9 Å². The van der Waals surface area contributed by atoms with Crippen molar-refractivity contribution in [2.45, 2.75) is 38.2 Å². The highest BCUT2D eigenvalue weighted by molar-refractivity contribution is 7.92. The number of benzene rings is 2. The highest BCUT2D eigenvalue weighted by Crippen LogP contribution is 2.19. The summed E-state index contributed by atoms with van der Waals surface area (Å²) in [6.45, 7) is 5.49. The molecular formula is C21H23N3O5S. The third-order valence-electron chi connectivity index (χ3n) is 4.26. The molecule has 0 aliphatic carbocycles. The van der Waals surface area contributed by atoms with E-state index in [-0.39, 0.29) is 16.6 Å². The van der Waals surface area contributed by atoms with Crippen LogP contribution in [0.25, 0.3) is 0 Å². The van der Waals surface area contributed by atoms with E-state index in [9.17, 15) is 13.2 Å². The zero-order chi connectivity index (χ0) is 21.7. The minimum Gasteiger partial charge on any atom is -0.481 e. The number of aryl methyl sites for hydroxylation is 2.